The highest BCUT2D eigenvalue weighted by atomic mass is 16.6. The van der Waals surface area contributed by atoms with Gasteiger partial charge in [-0.2, -0.15) is 0 Å². The monoisotopic (exact) mass is 284 g/mol. The van der Waals surface area contributed by atoms with Crippen molar-refractivity contribution in [2.45, 2.75) is 37.1 Å². The second-order valence-electron chi connectivity index (χ2n) is 5.30. The van der Waals surface area contributed by atoms with Crippen LogP contribution >= 0.6 is 0 Å². The number of hydrogen-bond donors (Lipinski definition) is 5. The zero-order chi connectivity index (χ0) is 15.0. The highest BCUT2D eigenvalue weighted by Gasteiger charge is 2.62. The van der Waals surface area contributed by atoms with Crippen LogP contribution in [0.5, 0.6) is 0 Å². The number of benzene rings is 1. The lowest BCUT2D eigenvalue weighted by atomic mass is 9.73. The molecule has 6 nitrogen and oxygen atoms in total. The van der Waals surface area contributed by atoms with Crippen LogP contribution in [-0.2, 0) is 11.2 Å². The first-order valence-corrected chi connectivity index (χ1v) is 6.48. The van der Waals surface area contributed by atoms with Crippen molar-refractivity contribution in [1.82, 2.24) is 0 Å². The number of hydrogen-bond acceptors (Lipinski definition) is 6. The SMILES string of the molecule is C[C@@H]1[C@@H](O)O[C@H](CO)[C@](O)(Cc2ccccc2)C1(O)O. The second kappa shape index (κ2) is 5.40. The zero-order valence-electron chi connectivity index (χ0n) is 11.2. The summed E-state index contributed by atoms with van der Waals surface area (Å²) in [5.74, 6) is -3.72. The molecular formula is C14H20O6. The van der Waals surface area contributed by atoms with Gasteiger partial charge in [-0.3, -0.25) is 0 Å². The molecule has 0 radical (unpaired) electrons. The molecule has 0 aromatic heterocycles. The smallest absolute Gasteiger partial charge is 0.203 e. The fourth-order valence-corrected chi connectivity index (χ4v) is 2.57. The molecule has 1 saturated heterocycles. The van der Waals surface area contributed by atoms with Gasteiger partial charge >= 0.3 is 0 Å². The lowest BCUT2D eigenvalue weighted by Gasteiger charge is -2.52. The van der Waals surface area contributed by atoms with Crippen LogP contribution in [0.25, 0.3) is 0 Å². The summed E-state index contributed by atoms with van der Waals surface area (Å²) < 4.78 is 5.11. The molecule has 0 spiro atoms. The van der Waals surface area contributed by atoms with Gasteiger partial charge in [0, 0.05) is 6.42 Å². The minimum absolute atomic E-state index is 0.122. The fourth-order valence-electron chi connectivity index (χ4n) is 2.57. The molecule has 6 heteroatoms. The zero-order valence-corrected chi connectivity index (χ0v) is 11.2. The Morgan fingerprint density at radius 2 is 1.75 bits per heavy atom. The van der Waals surface area contributed by atoms with Crippen molar-refractivity contribution in [3.63, 3.8) is 0 Å². The second-order valence-corrected chi connectivity index (χ2v) is 5.30. The van der Waals surface area contributed by atoms with Gasteiger partial charge < -0.3 is 30.3 Å². The average Bonchev–Trinajstić information content (AvgIpc) is 2.43. The predicted octanol–water partition coefficient (Wildman–Crippen LogP) is -1.01. The standard InChI is InChI=1S/C14H20O6/c1-9-12(16)20-11(8-15)13(17,14(9,18)19)7-10-5-3-2-4-6-10/h2-6,9,11-12,15-19H,7-8H2,1H3/t9-,11-,12+,13-/m1/s1. The van der Waals surface area contributed by atoms with E-state index in [1.54, 1.807) is 30.3 Å². The topological polar surface area (TPSA) is 110 Å². The highest BCUT2D eigenvalue weighted by molar-refractivity contribution is 5.20. The van der Waals surface area contributed by atoms with Gasteiger partial charge in [0.15, 0.2) is 11.9 Å². The minimum atomic E-state index is -2.59. The maximum atomic E-state index is 10.7. The van der Waals surface area contributed by atoms with Gasteiger partial charge in [-0.1, -0.05) is 37.3 Å². The Kier molecular flexibility index (Phi) is 4.15. The van der Waals surface area contributed by atoms with E-state index in [1.807, 2.05) is 0 Å². The molecule has 0 unspecified atom stereocenters. The minimum Gasteiger partial charge on any atom is -0.394 e. The Labute approximate surface area is 116 Å². The third-order valence-electron chi connectivity index (χ3n) is 4.02. The van der Waals surface area contributed by atoms with Crippen LogP contribution < -0.4 is 0 Å². The van der Waals surface area contributed by atoms with Crippen molar-refractivity contribution in [2.24, 2.45) is 5.92 Å². The summed E-state index contributed by atoms with van der Waals surface area (Å²) in [5, 5.41) is 50.2. The van der Waals surface area contributed by atoms with Gasteiger partial charge in [-0.05, 0) is 5.56 Å². The predicted molar refractivity (Wildman–Crippen MR) is 69.4 cm³/mol. The molecule has 1 aliphatic rings. The fraction of sp³-hybridized carbons (Fsp3) is 0.571. The molecule has 5 N–H and O–H groups in total. The van der Waals surface area contributed by atoms with Gasteiger partial charge in [-0.25, -0.2) is 0 Å². The molecule has 0 aliphatic carbocycles. The number of aliphatic hydroxyl groups excluding tert-OH is 2. The normalized spacial score (nSPS) is 36.8. The summed E-state index contributed by atoms with van der Waals surface area (Å²) in [6.07, 6.45) is -2.90. The molecule has 0 amide bonds. The lowest BCUT2D eigenvalue weighted by Crippen LogP contribution is -2.72. The molecule has 1 aromatic carbocycles. The van der Waals surface area contributed by atoms with Crippen molar-refractivity contribution in [1.29, 1.82) is 0 Å². The van der Waals surface area contributed by atoms with Gasteiger partial charge in [0.25, 0.3) is 0 Å². The van der Waals surface area contributed by atoms with Crippen molar-refractivity contribution in [3.05, 3.63) is 35.9 Å². The average molecular weight is 284 g/mol. The molecular weight excluding hydrogens is 264 g/mol. The summed E-state index contributed by atoms with van der Waals surface area (Å²) in [4.78, 5) is 0. The van der Waals surface area contributed by atoms with Gasteiger partial charge in [0.05, 0.1) is 12.5 Å². The molecule has 1 aromatic rings. The Hall–Kier alpha value is -1.02. The Bertz CT molecular complexity index is 448. The van der Waals surface area contributed by atoms with E-state index in [9.17, 15) is 25.5 Å². The largest absolute Gasteiger partial charge is 0.394 e. The van der Waals surface area contributed by atoms with Crippen LogP contribution in [0.15, 0.2) is 30.3 Å². The van der Waals surface area contributed by atoms with E-state index in [-0.39, 0.29) is 6.42 Å². The molecule has 20 heavy (non-hydrogen) atoms. The number of rotatable bonds is 3. The number of aliphatic hydroxyl groups is 5. The molecule has 1 aliphatic heterocycles. The first-order valence-electron chi connectivity index (χ1n) is 6.48. The molecule has 0 saturated carbocycles. The summed E-state index contributed by atoms with van der Waals surface area (Å²) >= 11 is 0. The summed E-state index contributed by atoms with van der Waals surface area (Å²) in [6.45, 7) is 0.713. The quantitative estimate of drug-likeness (QED) is 0.455. The van der Waals surface area contributed by atoms with E-state index in [1.165, 1.54) is 6.92 Å². The van der Waals surface area contributed by atoms with Crippen LogP contribution in [-0.4, -0.2) is 55.9 Å². The van der Waals surface area contributed by atoms with Crippen molar-refractivity contribution < 1.29 is 30.3 Å². The van der Waals surface area contributed by atoms with Crippen LogP contribution in [0.4, 0.5) is 0 Å². The third kappa shape index (κ3) is 2.35. The van der Waals surface area contributed by atoms with Crippen LogP contribution in [0.2, 0.25) is 0 Å². The van der Waals surface area contributed by atoms with Crippen molar-refractivity contribution in [3.8, 4) is 0 Å². The molecule has 2 rings (SSSR count). The van der Waals surface area contributed by atoms with E-state index in [2.05, 4.69) is 0 Å². The first kappa shape index (κ1) is 15.4. The molecule has 4 atom stereocenters. The maximum Gasteiger partial charge on any atom is 0.203 e. The van der Waals surface area contributed by atoms with E-state index in [4.69, 9.17) is 4.74 Å². The lowest BCUT2D eigenvalue weighted by molar-refractivity contribution is -0.403. The Morgan fingerprint density at radius 3 is 2.30 bits per heavy atom. The van der Waals surface area contributed by atoms with E-state index < -0.39 is 36.3 Å². The van der Waals surface area contributed by atoms with Crippen LogP contribution in [0, 0.1) is 5.92 Å². The van der Waals surface area contributed by atoms with Crippen LogP contribution in [0.3, 0.4) is 0 Å². The molecule has 0 bridgehead atoms. The summed E-state index contributed by atoms with van der Waals surface area (Å²) in [6, 6.07) is 8.75. The van der Waals surface area contributed by atoms with Crippen molar-refractivity contribution >= 4 is 0 Å². The highest BCUT2D eigenvalue weighted by Crippen LogP contribution is 2.41. The summed E-state index contributed by atoms with van der Waals surface area (Å²) in [7, 11) is 0. The number of ether oxygens (including phenoxy) is 1. The maximum absolute atomic E-state index is 10.7. The Morgan fingerprint density at radius 1 is 1.15 bits per heavy atom. The third-order valence-corrected chi connectivity index (χ3v) is 4.02. The summed E-state index contributed by atoms with van der Waals surface area (Å²) in [5.41, 5.74) is -1.46. The van der Waals surface area contributed by atoms with Gasteiger partial charge in [-0.15, -0.1) is 0 Å². The first-order chi connectivity index (χ1) is 9.33. The molecule has 112 valence electrons. The molecule has 1 fully saturated rings. The van der Waals surface area contributed by atoms with Gasteiger partial charge in [0.1, 0.15) is 6.10 Å². The van der Waals surface area contributed by atoms with E-state index in [0.29, 0.717) is 5.56 Å². The van der Waals surface area contributed by atoms with E-state index in [0.717, 1.165) is 0 Å². The van der Waals surface area contributed by atoms with Crippen LogP contribution in [0.1, 0.15) is 12.5 Å². The van der Waals surface area contributed by atoms with Crippen molar-refractivity contribution in [2.75, 3.05) is 6.61 Å². The molecule has 1 heterocycles. The van der Waals surface area contributed by atoms with E-state index >= 15 is 0 Å². The van der Waals surface area contributed by atoms with Gasteiger partial charge in [0.2, 0.25) is 5.79 Å². The Balaban J connectivity index is 2.37.